The fourth-order valence-electron chi connectivity index (χ4n) is 2.80. The summed E-state index contributed by atoms with van der Waals surface area (Å²) in [7, 11) is 0. The van der Waals surface area contributed by atoms with Crippen molar-refractivity contribution in [3.8, 4) is 0 Å². The molecule has 0 aromatic rings. The van der Waals surface area contributed by atoms with Crippen molar-refractivity contribution < 1.29 is 5.11 Å². The highest BCUT2D eigenvalue weighted by atomic mass is 16.3. The minimum atomic E-state index is 0.0714. The molecule has 0 aromatic heterocycles. The van der Waals surface area contributed by atoms with E-state index in [2.05, 4.69) is 10.6 Å². The van der Waals surface area contributed by atoms with Gasteiger partial charge in [0.1, 0.15) is 0 Å². The molecule has 2 aliphatic rings. The van der Waals surface area contributed by atoms with Gasteiger partial charge in [-0.05, 0) is 38.8 Å². The van der Waals surface area contributed by atoms with Crippen molar-refractivity contribution in [2.75, 3.05) is 19.7 Å². The molecule has 1 aliphatic heterocycles. The Bertz CT molecular complexity index is 172. The third-order valence-electron chi connectivity index (χ3n) is 3.71. The first-order valence-electron chi connectivity index (χ1n) is 5.94. The molecule has 3 nitrogen and oxygen atoms in total. The summed E-state index contributed by atoms with van der Waals surface area (Å²) in [5.74, 6) is 0. The number of piperidine rings is 1. The van der Waals surface area contributed by atoms with Crippen LogP contribution in [0.2, 0.25) is 0 Å². The highest BCUT2D eigenvalue weighted by Gasteiger charge is 2.34. The van der Waals surface area contributed by atoms with Crippen LogP contribution in [0.5, 0.6) is 0 Å². The Kier molecular flexibility index (Phi) is 3.42. The fourth-order valence-corrected chi connectivity index (χ4v) is 2.80. The average Bonchev–Trinajstić information content (AvgIpc) is 2.69. The lowest BCUT2D eigenvalue weighted by Gasteiger charge is -2.35. The minimum absolute atomic E-state index is 0.0714. The maximum absolute atomic E-state index is 9.47. The molecule has 0 radical (unpaired) electrons. The number of hydrogen-bond acceptors (Lipinski definition) is 3. The molecule has 0 bridgehead atoms. The first-order valence-corrected chi connectivity index (χ1v) is 5.94. The van der Waals surface area contributed by atoms with Crippen LogP contribution in [0.4, 0.5) is 0 Å². The molecule has 2 fully saturated rings. The largest absolute Gasteiger partial charge is 0.394 e. The van der Waals surface area contributed by atoms with E-state index in [0.29, 0.717) is 12.6 Å². The first-order chi connectivity index (χ1) is 6.85. The predicted molar refractivity (Wildman–Crippen MR) is 57.3 cm³/mol. The molecule has 1 saturated heterocycles. The summed E-state index contributed by atoms with van der Waals surface area (Å²) in [6, 6.07) is 0.626. The van der Waals surface area contributed by atoms with E-state index >= 15 is 0 Å². The van der Waals surface area contributed by atoms with E-state index in [1.54, 1.807) is 0 Å². The number of hydrogen-bond donors (Lipinski definition) is 3. The summed E-state index contributed by atoms with van der Waals surface area (Å²) in [5, 5.41) is 16.5. The normalized spacial score (nSPS) is 28.1. The van der Waals surface area contributed by atoms with Crippen molar-refractivity contribution in [3.63, 3.8) is 0 Å². The maximum Gasteiger partial charge on any atom is 0.0613 e. The lowest BCUT2D eigenvalue weighted by atomic mass is 9.95. The Morgan fingerprint density at radius 2 is 1.86 bits per heavy atom. The summed E-state index contributed by atoms with van der Waals surface area (Å²) >= 11 is 0. The summed E-state index contributed by atoms with van der Waals surface area (Å²) in [6.45, 7) is 2.56. The van der Waals surface area contributed by atoms with Crippen LogP contribution < -0.4 is 10.6 Å². The Hall–Kier alpha value is -0.120. The van der Waals surface area contributed by atoms with Crippen LogP contribution in [0.25, 0.3) is 0 Å². The Morgan fingerprint density at radius 3 is 2.43 bits per heavy atom. The molecule has 0 aromatic carbocycles. The van der Waals surface area contributed by atoms with E-state index < -0.39 is 0 Å². The molecule has 0 amide bonds. The second-order valence-corrected chi connectivity index (χ2v) is 4.81. The molecular weight excluding hydrogens is 176 g/mol. The molecular formula is C11H22N2O. The van der Waals surface area contributed by atoms with Crippen LogP contribution in [-0.4, -0.2) is 36.4 Å². The van der Waals surface area contributed by atoms with Crippen LogP contribution in [0, 0.1) is 0 Å². The molecule has 82 valence electrons. The van der Waals surface area contributed by atoms with Gasteiger partial charge < -0.3 is 15.7 Å². The predicted octanol–water partition coefficient (Wildman–Crippen LogP) is 0.633. The molecule has 1 heterocycles. The molecule has 3 heteroatoms. The Labute approximate surface area is 86.3 Å². The van der Waals surface area contributed by atoms with E-state index in [-0.39, 0.29) is 5.54 Å². The van der Waals surface area contributed by atoms with Crippen LogP contribution in [0.3, 0.4) is 0 Å². The zero-order chi connectivity index (χ0) is 9.86. The zero-order valence-corrected chi connectivity index (χ0v) is 8.89. The molecule has 1 aliphatic carbocycles. The number of rotatable bonds is 3. The van der Waals surface area contributed by atoms with Crippen molar-refractivity contribution in [1.82, 2.24) is 10.6 Å². The van der Waals surface area contributed by atoms with Crippen LogP contribution in [0.1, 0.15) is 38.5 Å². The molecule has 0 unspecified atom stereocenters. The van der Waals surface area contributed by atoms with Gasteiger partial charge in [0.05, 0.1) is 6.61 Å². The topological polar surface area (TPSA) is 44.3 Å². The quantitative estimate of drug-likeness (QED) is 0.623. The number of aliphatic hydroxyl groups is 1. The minimum Gasteiger partial charge on any atom is -0.394 e. The van der Waals surface area contributed by atoms with Gasteiger partial charge in [0.15, 0.2) is 0 Å². The van der Waals surface area contributed by atoms with Crippen LogP contribution in [-0.2, 0) is 0 Å². The van der Waals surface area contributed by atoms with E-state index in [1.165, 1.54) is 25.7 Å². The Morgan fingerprint density at radius 1 is 1.21 bits per heavy atom. The summed E-state index contributed by atoms with van der Waals surface area (Å²) < 4.78 is 0. The second-order valence-electron chi connectivity index (χ2n) is 4.81. The van der Waals surface area contributed by atoms with Gasteiger partial charge in [-0.3, -0.25) is 0 Å². The van der Waals surface area contributed by atoms with E-state index in [9.17, 15) is 5.11 Å². The van der Waals surface area contributed by atoms with Gasteiger partial charge in [0.2, 0.25) is 0 Å². The second kappa shape index (κ2) is 4.60. The van der Waals surface area contributed by atoms with E-state index in [4.69, 9.17) is 0 Å². The Balaban J connectivity index is 1.86. The van der Waals surface area contributed by atoms with Crippen molar-refractivity contribution in [3.05, 3.63) is 0 Å². The average molecular weight is 198 g/mol. The van der Waals surface area contributed by atoms with Gasteiger partial charge in [-0.25, -0.2) is 0 Å². The fraction of sp³-hybridized carbons (Fsp3) is 1.00. The van der Waals surface area contributed by atoms with Crippen molar-refractivity contribution >= 4 is 0 Å². The zero-order valence-electron chi connectivity index (χ0n) is 8.89. The van der Waals surface area contributed by atoms with Gasteiger partial charge in [-0.2, -0.15) is 0 Å². The number of nitrogens with one attached hydrogen (secondary N) is 2. The third-order valence-corrected chi connectivity index (χ3v) is 3.71. The van der Waals surface area contributed by atoms with Gasteiger partial charge >= 0.3 is 0 Å². The standard InChI is InChI=1S/C11H22N2O/c14-9-11(5-1-2-6-11)13-10-3-7-12-8-4-10/h10,12-14H,1-9H2. The number of aliphatic hydroxyl groups excluding tert-OH is 1. The lowest BCUT2D eigenvalue weighted by molar-refractivity contribution is 0.143. The lowest BCUT2D eigenvalue weighted by Crippen LogP contribution is -2.53. The third kappa shape index (κ3) is 2.27. The molecule has 0 atom stereocenters. The smallest absolute Gasteiger partial charge is 0.0613 e. The summed E-state index contributed by atoms with van der Waals surface area (Å²) in [4.78, 5) is 0. The SMILES string of the molecule is OCC1(NC2CCNCC2)CCCC1. The summed E-state index contributed by atoms with van der Waals surface area (Å²) in [5.41, 5.74) is 0.0714. The van der Waals surface area contributed by atoms with Crippen molar-refractivity contribution in [2.24, 2.45) is 0 Å². The first kappa shape index (κ1) is 10.4. The van der Waals surface area contributed by atoms with Crippen molar-refractivity contribution in [2.45, 2.75) is 50.1 Å². The van der Waals surface area contributed by atoms with Crippen LogP contribution >= 0.6 is 0 Å². The maximum atomic E-state index is 9.47. The van der Waals surface area contributed by atoms with Gasteiger partial charge in [-0.1, -0.05) is 12.8 Å². The van der Waals surface area contributed by atoms with Crippen LogP contribution in [0.15, 0.2) is 0 Å². The highest BCUT2D eigenvalue weighted by Crippen LogP contribution is 2.30. The van der Waals surface area contributed by atoms with Crippen molar-refractivity contribution in [1.29, 1.82) is 0 Å². The van der Waals surface area contributed by atoms with Gasteiger partial charge in [0.25, 0.3) is 0 Å². The highest BCUT2D eigenvalue weighted by molar-refractivity contribution is 4.95. The summed E-state index contributed by atoms with van der Waals surface area (Å²) in [6.07, 6.45) is 7.29. The van der Waals surface area contributed by atoms with Gasteiger partial charge in [0, 0.05) is 11.6 Å². The molecule has 3 N–H and O–H groups in total. The van der Waals surface area contributed by atoms with Gasteiger partial charge in [-0.15, -0.1) is 0 Å². The molecule has 14 heavy (non-hydrogen) atoms. The molecule has 2 rings (SSSR count). The van der Waals surface area contributed by atoms with E-state index in [1.807, 2.05) is 0 Å². The molecule has 1 saturated carbocycles. The van der Waals surface area contributed by atoms with E-state index in [0.717, 1.165) is 25.9 Å². The molecule has 0 spiro atoms. The monoisotopic (exact) mass is 198 g/mol.